The molecule has 6 heteroatoms. The molecule has 0 fully saturated rings. The maximum atomic E-state index is 13.5. The number of rotatable bonds is 6. The molecule has 3 nitrogen and oxygen atoms in total. The van der Waals surface area contributed by atoms with Crippen LogP contribution in [0.2, 0.25) is 0 Å². The lowest BCUT2D eigenvalue weighted by Gasteiger charge is -2.31. The SMILES string of the molecule is CC(=O)NC1CC=CCC1c1ccc(OCc2ccccc2)cc1-c1cccc(C(F)(F)F)c1. The Labute approximate surface area is 197 Å². The smallest absolute Gasteiger partial charge is 0.416 e. The lowest BCUT2D eigenvalue weighted by Crippen LogP contribution is -2.38. The summed E-state index contributed by atoms with van der Waals surface area (Å²) < 4.78 is 46.3. The average Bonchev–Trinajstić information content (AvgIpc) is 2.83. The molecule has 2 unspecified atom stereocenters. The minimum Gasteiger partial charge on any atom is -0.489 e. The normalized spacial score (nSPS) is 17.9. The standard InChI is InChI=1S/C28H26F3NO2/c1-19(33)32-27-13-6-5-12-25(27)24-15-14-23(34-18-20-8-3-2-4-9-20)17-26(24)21-10-7-11-22(16-21)28(29,30)31/h2-11,14-17,25,27H,12-13,18H2,1H3,(H,32,33). The molecule has 176 valence electrons. The zero-order valence-electron chi connectivity index (χ0n) is 18.8. The summed E-state index contributed by atoms with van der Waals surface area (Å²) >= 11 is 0. The molecule has 34 heavy (non-hydrogen) atoms. The van der Waals surface area contributed by atoms with Gasteiger partial charge in [0.2, 0.25) is 5.91 Å². The van der Waals surface area contributed by atoms with E-state index >= 15 is 0 Å². The Bertz CT molecular complexity index is 1170. The number of carbonyl (C=O) groups is 1. The van der Waals surface area contributed by atoms with Crippen molar-refractivity contribution in [1.29, 1.82) is 0 Å². The van der Waals surface area contributed by atoms with Gasteiger partial charge in [-0.25, -0.2) is 0 Å². The van der Waals surface area contributed by atoms with Crippen molar-refractivity contribution in [1.82, 2.24) is 5.32 Å². The number of amides is 1. The summed E-state index contributed by atoms with van der Waals surface area (Å²) in [5.41, 5.74) is 2.32. The molecule has 1 amide bonds. The Morgan fingerprint density at radius 3 is 2.47 bits per heavy atom. The van der Waals surface area contributed by atoms with E-state index in [1.165, 1.54) is 19.1 Å². The molecule has 1 aliphatic carbocycles. The summed E-state index contributed by atoms with van der Waals surface area (Å²) in [4.78, 5) is 11.8. The Balaban J connectivity index is 1.75. The Kier molecular flexibility index (Phi) is 7.06. The summed E-state index contributed by atoms with van der Waals surface area (Å²) in [6.07, 6.45) is 0.987. The lowest BCUT2D eigenvalue weighted by atomic mass is 9.80. The molecular weight excluding hydrogens is 439 g/mol. The molecule has 0 aliphatic heterocycles. The summed E-state index contributed by atoms with van der Waals surface area (Å²) in [5, 5.41) is 3.00. The fourth-order valence-corrected chi connectivity index (χ4v) is 4.38. The Morgan fingerprint density at radius 2 is 1.74 bits per heavy atom. The largest absolute Gasteiger partial charge is 0.489 e. The molecule has 0 radical (unpaired) electrons. The highest BCUT2D eigenvalue weighted by Gasteiger charge is 2.31. The topological polar surface area (TPSA) is 38.3 Å². The van der Waals surface area contributed by atoms with Gasteiger partial charge in [0.05, 0.1) is 5.56 Å². The van der Waals surface area contributed by atoms with E-state index in [9.17, 15) is 18.0 Å². The van der Waals surface area contributed by atoms with E-state index in [0.717, 1.165) is 17.2 Å². The number of ether oxygens (including phenoxy) is 1. The third-order valence-electron chi connectivity index (χ3n) is 5.99. The predicted molar refractivity (Wildman–Crippen MR) is 126 cm³/mol. The third-order valence-corrected chi connectivity index (χ3v) is 5.99. The first-order chi connectivity index (χ1) is 16.3. The summed E-state index contributed by atoms with van der Waals surface area (Å²) in [7, 11) is 0. The third kappa shape index (κ3) is 5.68. The van der Waals surface area contributed by atoms with Gasteiger partial charge in [-0.3, -0.25) is 4.79 Å². The zero-order chi connectivity index (χ0) is 24.1. The lowest BCUT2D eigenvalue weighted by molar-refractivity contribution is -0.137. The van der Waals surface area contributed by atoms with Crippen LogP contribution < -0.4 is 10.1 Å². The van der Waals surface area contributed by atoms with Gasteiger partial charge in [-0.2, -0.15) is 13.2 Å². The molecule has 2 atom stereocenters. The van der Waals surface area contributed by atoms with Gasteiger partial charge in [0.15, 0.2) is 0 Å². The number of hydrogen-bond acceptors (Lipinski definition) is 2. The highest BCUT2D eigenvalue weighted by atomic mass is 19.4. The van der Waals surface area contributed by atoms with Crippen molar-refractivity contribution < 1.29 is 22.7 Å². The van der Waals surface area contributed by atoms with Gasteiger partial charge in [-0.15, -0.1) is 0 Å². The monoisotopic (exact) mass is 465 g/mol. The summed E-state index contributed by atoms with van der Waals surface area (Å²) in [5.74, 6) is 0.373. The van der Waals surface area contributed by atoms with Crippen LogP contribution in [0, 0.1) is 0 Å². The van der Waals surface area contributed by atoms with Gasteiger partial charge in [-0.05, 0) is 59.4 Å². The Hall–Kier alpha value is -3.54. The fourth-order valence-electron chi connectivity index (χ4n) is 4.38. The van der Waals surface area contributed by atoms with Crippen LogP contribution in [0.15, 0.2) is 84.9 Å². The second-order valence-electron chi connectivity index (χ2n) is 8.46. The molecule has 0 spiro atoms. The molecule has 1 N–H and O–H groups in total. The predicted octanol–water partition coefficient (Wildman–Crippen LogP) is 6.89. The van der Waals surface area contributed by atoms with E-state index < -0.39 is 11.7 Å². The number of hydrogen-bond donors (Lipinski definition) is 1. The first-order valence-electron chi connectivity index (χ1n) is 11.2. The van der Waals surface area contributed by atoms with Crippen molar-refractivity contribution in [2.75, 3.05) is 0 Å². The number of halogens is 3. The number of alkyl halides is 3. The molecule has 0 saturated carbocycles. The van der Waals surface area contributed by atoms with E-state index in [1.807, 2.05) is 48.5 Å². The maximum Gasteiger partial charge on any atom is 0.416 e. The van der Waals surface area contributed by atoms with Crippen LogP contribution >= 0.6 is 0 Å². The van der Waals surface area contributed by atoms with Crippen LogP contribution in [0.3, 0.4) is 0 Å². The van der Waals surface area contributed by atoms with Crippen LogP contribution in [-0.2, 0) is 17.6 Å². The van der Waals surface area contributed by atoms with Crippen molar-refractivity contribution in [2.45, 2.75) is 44.5 Å². The van der Waals surface area contributed by atoms with E-state index in [4.69, 9.17) is 4.74 Å². The van der Waals surface area contributed by atoms with E-state index in [-0.39, 0.29) is 17.9 Å². The summed E-state index contributed by atoms with van der Waals surface area (Å²) in [6.45, 7) is 1.83. The molecule has 0 saturated heterocycles. The molecule has 3 aromatic carbocycles. The molecule has 3 aromatic rings. The maximum absolute atomic E-state index is 13.5. The number of nitrogens with one attached hydrogen (secondary N) is 1. The number of benzene rings is 3. The van der Waals surface area contributed by atoms with E-state index in [0.29, 0.717) is 36.3 Å². The van der Waals surface area contributed by atoms with Crippen LogP contribution in [0.1, 0.15) is 42.4 Å². The van der Waals surface area contributed by atoms with Crippen molar-refractivity contribution in [3.05, 3.63) is 102 Å². The first-order valence-corrected chi connectivity index (χ1v) is 11.2. The van der Waals surface area contributed by atoms with E-state index in [2.05, 4.69) is 11.4 Å². The van der Waals surface area contributed by atoms with Crippen LogP contribution in [-0.4, -0.2) is 11.9 Å². The molecule has 4 rings (SSSR count). The van der Waals surface area contributed by atoms with Gasteiger partial charge in [-0.1, -0.05) is 60.7 Å². The Morgan fingerprint density at radius 1 is 0.971 bits per heavy atom. The van der Waals surface area contributed by atoms with Gasteiger partial charge >= 0.3 is 6.18 Å². The summed E-state index contributed by atoms with van der Waals surface area (Å²) in [6, 6.07) is 20.5. The second-order valence-corrected chi connectivity index (χ2v) is 8.46. The highest BCUT2D eigenvalue weighted by molar-refractivity contribution is 5.74. The molecule has 0 aromatic heterocycles. The first kappa shape index (κ1) is 23.6. The van der Waals surface area contributed by atoms with Gasteiger partial charge in [0, 0.05) is 18.9 Å². The van der Waals surface area contributed by atoms with E-state index in [1.54, 1.807) is 12.1 Å². The van der Waals surface area contributed by atoms with Crippen molar-refractivity contribution >= 4 is 5.91 Å². The molecular formula is C28H26F3NO2. The van der Waals surface area contributed by atoms with Crippen LogP contribution in [0.25, 0.3) is 11.1 Å². The minimum atomic E-state index is -4.44. The van der Waals surface area contributed by atoms with Gasteiger partial charge in [0.1, 0.15) is 12.4 Å². The molecule has 0 bridgehead atoms. The van der Waals surface area contributed by atoms with Gasteiger partial charge in [0.25, 0.3) is 0 Å². The van der Waals surface area contributed by atoms with Crippen LogP contribution in [0.4, 0.5) is 13.2 Å². The minimum absolute atomic E-state index is 0.0679. The average molecular weight is 466 g/mol. The van der Waals surface area contributed by atoms with Crippen molar-refractivity contribution in [3.63, 3.8) is 0 Å². The highest BCUT2D eigenvalue weighted by Crippen LogP contribution is 2.40. The second kappa shape index (κ2) is 10.2. The van der Waals surface area contributed by atoms with Gasteiger partial charge < -0.3 is 10.1 Å². The zero-order valence-corrected chi connectivity index (χ0v) is 18.8. The fraction of sp³-hybridized carbons (Fsp3) is 0.250. The number of carbonyl (C=O) groups excluding carboxylic acids is 1. The number of allylic oxidation sites excluding steroid dienone is 1. The van der Waals surface area contributed by atoms with Crippen molar-refractivity contribution in [3.8, 4) is 16.9 Å². The molecule has 1 aliphatic rings. The van der Waals surface area contributed by atoms with Crippen LogP contribution in [0.5, 0.6) is 5.75 Å². The quantitative estimate of drug-likeness (QED) is 0.403. The van der Waals surface area contributed by atoms with Crippen molar-refractivity contribution in [2.24, 2.45) is 0 Å². The molecule has 0 heterocycles.